The maximum atomic E-state index is 4.64. The number of benzene rings is 1. The average Bonchev–Trinajstić information content (AvgIpc) is 2.97. The number of guanidine groups is 1. The van der Waals surface area contributed by atoms with E-state index in [0.29, 0.717) is 6.54 Å². The highest BCUT2D eigenvalue weighted by Gasteiger charge is 2.00. The molecule has 0 spiro atoms. The fourth-order valence-electron chi connectivity index (χ4n) is 1.88. The van der Waals surface area contributed by atoms with Gasteiger partial charge in [0.2, 0.25) is 0 Å². The lowest BCUT2D eigenvalue weighted by Gasteiger charge is -2.11. The third-order valence-corrected chi connectivity index (χ3v) is 3.90. The fraction of sp³-hybridized carbons (Fsp3) is 0.312. The number of aliphatic imine (C=N–C) groups is 1. The first-order chi connectivity index (χ1) is 9.79. The Bertz CT molecular complexity index is 547. The molecule has 106 valence electrons. The van der Waals surface area contributed by atoms with Crippen molar-refractivity contribution in [1.29, 1.82) is 0 Å². The molecule has 0 saturated heterocycles. The van der Waals surface area contributed by atoms with Crippen molar-refractivity contribution in [1.82, 2.24) is 10.6 Å². The van der Waals surface area contributed by atoms with Gasteiger partial charge in [-0.1, -0.05) is 30.3 Å². The molecule has 4 heteroatoms. The van der Waals surface area contributed by atoms with Crippen molar-refractivity contribution in [3.8, 4) is 0 Å². The van der Waals surface area contributed by atoms with Crippen molar-refractivity contribution < 1.29 is 0 Å². The maximum absolute atomic E-state index is 4.64. The highest BCUT2D eigenvalue weighted by atomic mass is 32.1. The molecular weight excluding hydrogens is 266 g/mol. The number of hydrogen-bond donors (Lipinski definition) is 2. The van der Waals surface area contributed by atoms with Crippen LogP contribution in [0.1, 0.15) is 22.9 Å². The number of nitrogens with one attached hydrogen (secondary N) is 2. The second-order valence-corrected chi connectivity index (χ2v) is 5.59. The van der Waals surface area contributed by atoms with Gasteiger partial charge in [0.1, 0.15) is 0 Å². The van der Waals surface area contributed by atoms with Crippen LogP contribution in [0, 0.1) is 6.92 Å². The first kappa shape index (κ1) is 14.6. The highest BCUT2D eigenvalue weighted by molar-refractivity contribution is 7.09. The summed E-state index contributed by atoms with van der Waals surface area (Å²) in [4.78, 5) is 5.95. The summed E-state index contributed by atoms with van der Waals surface area (Å²) in [6.07, 6.45) is 0. The number of rotatable bonds is 5. The van der Waals surface area contributed by atoms with E-state index in [1.165, 1.54) is 16.0 Å². The van der Waals surface area contributed by atoms with Crippen molar-refractivity contribution in [2.45, 2.75) is 26.9 Å². The SMILES string of the molecule is CCNC(=NCc1ccccc1C)NCc1cccs1. The molecule has 0 fully saturated rings. The largest absolute Gasteiger partial charge is 0.357 e. The quantitative estimate of drug-likeness (QED) is 0.654. The Kier molecular flexibility index (Phi) is 5.62. The zero-order valence-electron chi connectivity index (χ0n) is 12.0. The number of nitrogens with zero attached hydrogens (tertiary/aromatic N) is 1. The van der Waals surface area contributed by atoms with E-state index in [2.05, 4.69) is 71.3 Å². The molecule has 0 aliphatic rings. The van der Waals surface area contributed by atoms with Gasteiger partial charge in [0.05, 0.1) is 13.1 Å². The molecule has 3 nitrogen and oxygen atoms in total. The van der Waals surface area contributed by atoms with Crippen molar-refractivity contribution in [3.63, 3.8) is 0 Å². The molecule has 0 bridgehead atoms. The van der Waals surface area contributed by atoms with Crippen LogP contribution in [0.15, 0.2) is 46.8 Å². The van der Waals surface area contributed by atoms with Crippen molar-refractivity contribution in [3.05, 3.63) is 57.8 Å². The Morgan fingerprint density at radius 3 is 2.70 bits per heavy atom. The topological polar surface area (TPSA) is 36.4 Å². The Labute approximate surface area is 124 Å². The number of hydrogen-bond acceptors (Lipinski definition) is 2. The first-order valence-corrected chi connectivity index (χ1v) is 7.76. The molecule has 1 heterocycles. The molecule has 1 aromatic carbocycles. The maximum Gasteiger partial charge on any atom is 0.191 e. The molecule has 0 atom stereocenters. The van der Waals surface area contributed by atoms with Crippen LogP contribution < -0.4 is 10.6 Å². The van der Waals surface area contributed by atoms with Crippen molar-refractivity contribution >= 4 is 17.3 Å². The fourth-order valence-corrected chi connectivity index (χ4v) is 2.52. The minimum Gasteiger partial charge on any atom is -0.357 e. The third-order valence-electron chi connectivity index (χ3n) is 3.02. The van der Waals surface area contributed by atoms with Gasteiger partial charge in [-0.25, -0.2) is 4.99 Å². The Balaban J connectivity index is 1.96. The summed E-state index contributed by atoms with van der Waals surface area (Å²) >= 11 is 1.75. The third kappa shape index (κ3) is 4.38. The van der Waals surface area contributed by atoms with Crippen LogP contribution in [0.3, 0.4) is 0 Å². The summed E-state index contributed by atoms with van der Waals surface area (Å²) in [6.45, 7) is 6.58. The number of thiophene rings is 1. The van der Waals surface area contributed by atoms with E-state index in [4.69, 9.17) is 0 Å². The molecule has 0 unspecified atom stereocenters. The Morgan fingerprint density at radius 1 is 1.15 bits per heavy atom. The second kappa shape index (κ2) is 7.70. The minimum atomic E-state index is 0.701. The van der Waals surface area contributed by atoms with Gasteiger partial charge in [-0.15, -0.1) is 11.3 Å². The Hall–Kier alpha value is -1.81. The predicted octanol–water partition coefficient (Wildman–Crippen LogP) is 3.31. The van der Waals surface area contributed by atoms with Gasteiger partial charge in [-0.05, 0) is 36.4 Å². The molecule has 20 heavy (non-hydrogen) atoms. The minimum absolute atomic E-state index is 0.701. The average molecular weight is 287 g/mol. The second-order valence-electron chi connectivity index (χ2n) is 4.55. The van der Waals surface area contributed by atoms with Crippen LogP contribution in [0.5, 0.6) is 0 Å². The monoisotopic (exact) mass is 287 g/mol. The van der Waals surface area contributed by atoms with Gasteiger partial charge in [0.15, 0.2) is 5.96 Å². The lowest BCUT2D eigenvalue weighted by molar-refractivity contribution is 0.822. The lowest BCUT2D eigenvalue weighted by atomic mass is 10.1. The standard InChI is InChI=1S/C16H21N3S/c1-3-17-16(19-12-15-9-6-10-20-15)18-11-14-8-5-4-7-13(14)2/h4-10H,3,11-12H2,1-2H3,(H2,17,18,19). The normalized spacial score (nSPS) is 11.4. The van der Waals surface area contributed by atoms with Gasteiger partial charge in [-0.3, -0.25) is 0 Å². The molecule has 0 aliphatic carbocycles. The van der Waals surface area contributed by atoms with E-state index in [-0.39, 0.29) is 0 Å². The van der Waals surface area contributed by atoms with Crippen molar-refractivity contribution in [2.75, 3.05) is 6.54 Å². The molecule has 0 saturated carbocycles. The first-order valence-electron chi connectivity index (χ1n) is 6.88. The van der Waals surface area contributed by atoms with Gasteiger partial charge in [0.25, 0.3) is 0 Å². The van der Waals surface area contributed by atoms with Gasteiger partial charge >= 0.3 is 0 Å². The predicted molar refractivity (Wildman–Crippen MR) is 87.2 cm³/mol. The smallest absolute Gasteiger partial charge is 0.191 e. The van der Waals surface area contributed by atoms with Crippen molar-refractivity contribution in [2.24, 2.45) is 4.99 Å². The van der Waals surface area contributed by atoms with Crippen LogP contribution in [0.2, 0.25) is 0 Å². The van der Waals surface area contributed by atoms with Crippen LogP contribution in [-0.4, -0.2) is 12.5 Å². The summed E-state index contributed by atoms with van der Waals surface area (Å²) in [6, 6.07) is 12.6. The van der Waals surface area contributed by atoms with E-state index in [1.807, 2.05) is 0 Å². The van der Waals surface area contributed by atoms with E-state index in [1.54, 1.807) is 11.3 Å². The molecule has 2 rings (SSSR count). The van der Waals surface area contributed by atoms with E-state index < -0.39 is 0 Å². The van der Waals surface area contributed by atoms with Crippen LogP contribution in [0.4, 0.5) is 0 Å². The molecule has 1 aromatic heterocycles. The summed E-state index contributed by atoms with van der Waals surface area (Å²) in [7, 11) is 0. The molecule has 2 aromatic rings. The molecule has 0 amide bonds. The summed E-state index contributed by atoms with van der Waals surface area (Å²) in [5, 5.41) is 8.73. The lowest BCUT2D eigenvalue weighted by Crippen LogP contribution is -2.36. The molecular formula is C16H21N3S. The van der Waals surface area contributed by atoms with E-state index >= 15 is 0 Å². The van der Waals surface area contributed by atoms with Gasteiger partial charge < -0.3 is 10.6 Å². The van der Waals surface area contributed by atoms with Gasteiger partial charge in [-0.2, -0.15) is 0 Å². The molecule has 0 radical (unpaired) electrons. The summed E-state index contributed by atoms with van der Waals surface area (Å²) < 4.78 is 0. The molecule has 0 aliphatic heterocycles. The molecule has 2 N–H and O–H groups in total. The van der Waals surface area contributed by atoms with E-state index in [9.17, 15) is 0 Å². The summed E-state index contributed by atoms with van der Waals surface area (Å²) in [5.74, 6) is 0.865. The Morgan fingerprint density at radius 2 is 2.00 bits per heavy atom. The van der Waals surface area contributed by atoms with Crippen LogP contribution in [-0.2, 0) is 13.1 Å². The highest BCUT2D eigenvalue weighted by Crippen LogP contribution is 2.09. The van der Waals surface area contributed by atoms with Crippen LogP contribution in [0.25, 0.3) is 0 Å². The van der Waals surface area contributed by atoms with Crippen LogP contribution >= 0.6 is 11.3 Å². The summed E-state index contributed by atoms with van der Waals surface area (Å²) in [5.41, 5.74) is 2.55. The van der Waals surface area contributed by atoms with E-state index in [0.717, 1.165) is 19.0 Å². The van der Waals surface area contributed by atoms with Gasteiger partial charge in [0, 0.05) is 11.4 Å². The number of aryl methyl sites for hydroxylation is 1. The zero-order chi connectivity index (χ0) is 14.2. The zero-order valence-corrected chi connectivity index (χ0v) is 12.8.